The first-order valence-electron chi connectivity index (χ1n) is 3.78. The summed E-state index contributed by atoms with van der Waals surface area (Å²) in [5.41, 5.74) is 1.17. The summed E-state index contributed by atoms with van der Waals surface area (Å²) in [5.74, 6) is -2.50. The van der Waals surface area contributed by atoms with Gasteiger partial charge in [0.15, 0.2) is 0 Å². The maximum absolute atomic E-state index is 7.63. The van der Waals surface area contributed by atoms with E-state index < -0.39 is 5.97 Å². The van der Waals surface area contributed by atoms with Crippen LogP contribution in [0.5, 0.6) is 0 Å². The van der Waals surface area contributed by atoms with E-state index >= 15 is 0 Å². The van der Waals surface area contributed by atoms with Gasteiger partial charge in [0.2, 0.25) is 0 Å². The molecular weight excluding hydrogens is 168 g/mol. The highest BCUT2D eigenvalue weighted by Gasteiger charge is 2.03. The number of hydrogen-bond acceptors (Lipinski definition) is 3. The third-order valence-electron chi connectivity index (χ3n) is 1.04. The van der Waals surface area contributed by atoms with Gasteiger partial charge in [-0.25, -0.2) is 0 Å². The van der Waals surface area contributed by atoms with Crippen molar-refractivity contribution in [3.63, 3.8) is 0 Å². The summed E-state index contributed by atoms with van der Waals surface area (Å²) in [6.07, 6.45) is 1.83. The quantitative estimate of drug-likeness (QED) is 0.567. The summed E-state index contributed by atoms with van der Waals surface area (Å²) in [4.78, 5) is 0. The van der Waals surface area contributed by atoms with Gasteiger partial charge in [-0.3, -0.25) is 0 Å². The molecule has 72 valence electrons. The first-order valence-corrected chi connectivity index (χ1v) is 3.78. The highest BCUT2D eigenvalue weighted by Crippen LogP contribution is 1.97. The average molecular weight is 182 g/mol. The van der Waals surface area contributed by atoms with Crippen LogP contribution >= 0.6 is 0 Å². The fourth-order valence-corrected chi connectivity index (χ4v) is 0.589. The molecule has 1 aromatic carbocycles. The number of rotatable bonds is 1. The molecule has 0 heterocycles. The Morgan fingerprint density at radius 1 is 1.15 bits per heavy atom. The van der Waals surface area contributed by atoms with E-state index in [1.807, 2.05) is 36.4 Å². The van der Waals surface area contributed by atoms with Crippen LogP contribution in [0, 0.1) is 0 Å². The van der Waals surface area contributed by atoms with Crippen molar-refractivity contribution in [2.75, 3.05) is 0 Å². The lowest BCUT2D eigenvalue weighted by atomic mass is 10.2. The minimum Gasteiger partial charge on any atom is -0.344 e. The molecule has 0 unspecified atom stereocenters. The molecule has 0 atom stereocenters. The molecular formula is C10H14O3. The van der Waals surface area contributed by atoms with E-state index in [1.165, 1.54) is 5.56 Å². The topological polar surface area (TPSA) is 60.7 Å². The van der Waals surface area contributed by atoms with Crippen molar-refractivity contribution in [2.45, 2.75) is 12.9 Å². The van der Waals surface area contributed by atoms with Crippen molar-refractivity contribution in [1.29, 1.82) is 0 Å². The Morgan fingerprint density at radius 3 is 1.77 bits per heavy atom. The second kappa shape index (κ2) is 5.48. The van der Waals surface area contributed by atoms with E-state index in [1.54, 1.807) is 0 Å². The Balaban J connectivity index is 0.000000252. The smallest absolute Gasteiger partial charge is 0.272 e. The molecule has 0 amide bonds. The van der Waals surface area contributed by atoms with Gasteiger partial charge in [0.05, 0.1) is 0 Å². The van der Waals surface area contributed by atoms with Crippen molar-refractivity contribution < 1.29 is 15.3 Å². The van der Waals surface area contributed by atoms with Crippen LogP contribution < -0.4 is 0 Å². The van der Waals surface area contributed by atoms with Gasteiger partial charge >= 0.3 is 0 Å². The highest BCUT2D eigenvalue weighted by molar-refractivity contribution is 5.45. The molecule has 3 N–H and O–H groups in total. The van der Waals surface area contributed by atoms with Crippen LogP contribution in [-0.2, 0) is 0 Å². The monoisotopic (exact) mass is 182 g/mol. The van der Waals surface area contributed by atoms with Crippen LogP contribution in [0.25, 0.3) is 6.08 Å². The van der Waals surface area contributed by atoms with Gasteiger partial charge in [0, 0.05) is 6.92 Å². The molecule has 0 saturated heterocycles. The predicted molar refractivity (Wildman–Crippen MR) is 51.6 cm³/mol. The number of aliphatic hydroxyl groups is 3. The van der Waals surface area contributed by atoms with E-state index in [4.69, 9.17) is 15.3 Å². The summed E-state index contributed by atoms with van der Waals surface area (Å²) in [5, 5.41) is 22.9. The summed E-state index contributed by atoms with van der Waals surface area (Å²) in [6.45, 7) is 4.49. The Labute approximate surface area is 77.6 Å². The van der Waals surface area contributed by atoms with Crippen LogP contribution in [0.2, 0.25) is 0 Å². The van der Waals surface area contributed by atoms with E-state index in [0.29, 0.717) is 0 Å². The number of benzene rings is 1. The van der Waals surface area contributed by atoms with Gasteiger partial charge in [-0.05, 0) is 5.56 Å². The first kappa shape index (κ1) is 11.8. The zero-order valence-electron chi connectivity index (χ0n) is 7.51. The third-order valence-corrected chi connectivity index (χ3v) is 1.04. The third kappa shape index (κ3) is 10.8. The molecule has 13 heavy (non-hydrogen) atoms. The molecule has 0 bridgehead atoms. The van der Waals surface area contributed by atoms with Gasteiger partial charge in [-0.2, -0.15) is 0 Å². The van der Waals surface area contributed by atoms with Gasteiger partial charge < -0.3 is 15.3 Å². The summed E-state index contributed by atoms with van der Waals surface area (Å²) in [7, 11) is 0. The van der Waals surface area contributed by atoms with Crippen molar-refractivity contribution in [2.24, 2.45) is 0 Å². The fourth-order valence-electron chi connectivity index (χ4n) is 0.589. The molecule has 1 aromatic rings. The van der Waals surface area contributed by atoms with Crippen LogP contribution in [0.3, 0.4) is 0 Å². The molecule has 0 aliphatic heterocycles. The lowest BCUT2D eigenvalue weighted by Gasteiger charge is -2.01. The molecule has 0 spiro atoms. The second-order valence-electron chi connectivity index (χ2n) is 2.59. The molecule has 1 rings (SSSR count). The lowest BCUT2D eigenvalue weighted by Crippen LogP contribution is -2.20. The minimum absolute atomic E-state index is 0.854. The van der Waals surface area contributed by atoms with Gasteiger partial charge in [-0.1, -0.05) is 43.0 Å². The van der Waals surface area contributed by atoms with Crippen molar-refractivity contribution in [3.8, 4) is 0 Å². The van der Waals surface area contributed by atoms with Gasteiger partial charge in [0.25, 0.3) is 5.97 Å². The number of hydrogen-bond donors (Lipinski definition) is 3. The zero-order valence-corrected chi connectivity index (χ0v) is 7.51. The molecule has 0 radical (unpaired) electrons. The van der Waals surface area contributed by atoms with Crippen LogP contribution in [0.1, 0.15) is 12.5 Å². The second-order valence-corrected chi connectivity index (χ2v) is 2.59. The SMILES string of the molecule is C=Cc1ccccc1.CC(O)(O)O. The van der Waals surface area contributed by atoms with Crippen LogP contribution in [-0.4, -0.2) is 21.3 Å². The summed E-state index contributed by atoms with van der Waals surface area (Å²) < 4.78 is 0. The van der Waals surface area contributed by atoms with Crippen LogP contribution in [0.15, 0.2) is 36.9 Å². The standard InChI is InChI=1S/C8H8.C2H6O3/c1-2-8-6-4-3-5-7-8;1-2(3,4)5/h2-7H,1H2;3-5H,1H3. The molecule has 0 aromatic heterocycles. The predicted octanol–water partition coefficient (Wildman–Crippen LogP) is 0.967. The zero-order chi connectivity index (χ0) is 10.3. The average Bonchev–Trinajstić information content (AvgIpc) is 2.03. The maximum atomic E-state index is 7.63. The highest BCUT2D eigenvalue weighted by atomic mass is 16.7. The molecule has 3 nitrogen and oxygen atoms in total. The van der Waals surface area contributed by atoms with Crippen LogP contribution in [0.4, 0.5) is 0 Å². The van der Waals surface area contributed by atoms with Gasteiger partial charge in [0.1, 0.15) is 0 Å². The molecule has 0 aliphatic carbocycles. The van der Waals surface area contributed by atoms with E-state index in [-0.39, 0.29) is 0 Å². The molecule has 3 heteroatoms. The Morgan fingerprint density at radius 2 is 1.54 bits per heavy atom. The van der Waals surface area contributed by atoms with Gasteiger partial charge in [-0.15, -0.1) is 0 Å². The van der Waals surface area contributed by atoms with Crippen molar-refractivity contribution in [3.05, 3.63) is 42.5 Å². The molecule has 0 saturated carbocycles. The minimum atomic E-state index is -2.50. The normalized spacial score (nSPS) is 9.85. The largest absolute Gasteiger partial charge is 0.344 e. The van der Waals surface area contributed by atoms with Crippen molar-refractivity contribution >= 4 is 6.08 Å². The first-order chi connectivity index (χ1) is 5.93. The molecule has 0 aliphatic rings. The molecule has 0 fully saturated rings. The summed E-state index contributed by atoms with van der Waals surface area (Å²) >= 11 is 0. The van der Waals surface area contributed by atoms with E-state index in [0.717, 1.165) is 6.92 Å². The van der Waals surface area contributed by atoms with Crippen molar-refractivity contribution in [1.82, 2.24) is 0 Å². The Hall–Kier alpha value is -1.16. The Bertz CT molecular complexity index is 230. The van der Waals surface area contributed by atoms with E-state index in [9.17, 15) is 0 Å². The van der Waals surface area contributed by atoms with E-state index in [2.05, 4.69) is 6.58 Å². The fraction of sp³-hybridized carbons (Fsp3) is 0.200. The Kier molecular flexibility index (Phi) is 4.99. The maximum Gasteiger partial charge on any atom is 0.272 e. The summed E-state index contributed by atoms with van der Waals surface area (Å²) in [6, 6.07) is 10.0. The lowest BCUT2D eigenvalue weighted by molar-refractivity contribution is -0.297.